The Kier molecular flexibility index (Phi) is 3.34. The second kappa shape index (κ2) is 3.24. The van der Waals surface area contributed by atoms with Crippen LogP contribution in [0.2, 0.25) is 0 Å². The molecule has 0 fully saturated rings. The van der Waals surface area contributed by atoms with Crippen molar-refractivity contribution in [2.45, 2.75) is 25.7 Å². The van der Waals surface area contributed by atoms with Gasteiger partial charge in [0.2, 0.25) is 0 Å². The summed E-state index contributed by atoms with van der Waals surface area (Å²) in [5.41, 5.74) is -0.403. The van der Waals surface area contributed by atoms with Crippen LogP contribution in [-0.4, -0.2) is 17.0 Å². The van der Waals surface area contributed by atoms with E-state index < -0.39 is 11.9 Å². The molecule has 1 N–H and O–H groups in total. The Morgan fingerprint density at radius 1 is 1.57 bits per heavy atom. The maximum absolute atomic E-state index is 8.42. The third-order valence-corrected chi connectivity index (χ3v) is 0.487. The van der Waals surface area contributed by atoms with Gasteiger partial charge in [-0.1, -0.05) is 11.6 Å². The molecule has 2 nitrogen and oxygen atoms in total. The van der Waals surface area contributed by atoms with Gasteiger partial charge in [0.15, 0.2) is 6.29 Å². The number of ether oxygens (including phenoxy) is 1. The molecule has 0 bridgehead atoms. The molecule has 0 aromatic carbocycles. The normalized spacial score (nSPS) is 18.9. The van der Waals surface area contributed by atoms with E-state index >= 15 is 0 Å². The molecule has 0 aliphatic carbocycles. The fraction of sp³-hybridized carbons (Fsp3) is 1.00. The minimum atomic E-state index is -0.757. The summed E-state index contributed by atoms with van der Waals surface area (Å²) in [7, 11) is 0. The Hall–Kier alpha value is 0.210. The number of aliphatic hydroxyl groups is 1. The van der Waals surface area contributed by atoms with E-state index in [0.717, 1.165) is 0 Å². The Bertz CT molecular complexity index is 39.0. The highest BCUT2D eigenvalue weighted by molar-refractivity contribution is 6.19. The van der Waals surface area contributed by atoms with E-state index in [2.05, 4.69) is 4.74 Å². The molecule has 0 aromatic rings. The van der Waals surface area contributed by atoms with Gasteiger partial charge in [0.05, 0.1) is 0 Å². The molecule has 0 aliphatic heterocycles. The monoisotopic (exact) mass is 124 g/mol. The van der Waals surface area contributed by atoms with Crippen molar-refractivity contribution in [1.82, 2.24) is 0 Å². The van der Waals surface area contributed by atoms with Crippen LogP contribution in [0.1, 0.15) is 13.8 Å². The van der Waals surface area contributed by atoms with Crippen LogP contribution < -0.4 is 0 Å². The van der Waals surface area contributed by atoms with Crippen LogP contribution in [0.5, 0.6) is 0 Å². The van der Waals surface area contributed by atoms with Gasteiger partial charge in [-0.25, -0.2) is 0 Å². The molecular weight excluding hydrogens is 115 g/mol. The van der Waals surface area contributed by atoms with Crippen LogP contribution in [-0.2, 0) is 4.74 Å². The zero-order valence-electron chi connectivity index (χ0n) is 4.39. The molecule has 3 heteroatoms. The lowest BCUT2D eigenvalue weighted by Gasteiger charge is -2.06. The number of alkyl halides is 1. The standard InChI is InChI=1S/C4H9ClO2/c1-3(5)7-4(2)6/h3-4,6H,1-2H3/t3-,4+/m0/s1. The number of rotatable bonds is 2. The van der Waals surface area contributed by atoms with Crippen molar-refractivity contribution < 1.29 is 9.84 Å². The Morgan fingerprint density at radius 3 is 2.00 bits per heavy atom. The second-order valence-corrected chi connectivity index (χ2v) is 1.89. The summed E-state index contributed by atoms with van der Waals surface area (Å²) in [4.78, 5) is 0. The predicted molar refractivity (Wildman–Crippen MR) is 28.1 cm³/mol. The van der Waals surface area contributed by atoms with Crippen molar-refractivity contribution in [1.29, 1.82) is 0 Å². The first-order valence-corrected chi connectivity index (χ1v) is 2.54. The first-order valence-electron chi connectivity index (χ1n) is 2.10. The molecule has 0 radical (unpaired) electrons. The molecule has 0 aliphatic rings. The average molecular weight is 125 g/mol. The summed E-state index contributed by atoms with van der Waals surface area (Å²) < 4.78 is 4.57. The van der Waals surface area contributed by atoms with Crippen molar-refractivity contribution in [3.63, 3.8) is 0 Å². The maximum atomic E-state index is 8.42. The van der Waals surface area contributed by atoms with Crippen LogP contribution in [0.15, 0.2) is 0 Å². The average Bonchev–Trinajstić information content (AvgIpc) is 1.27. The summed E-state index contributed by atoms with van der Waals surface area (Å²) in [5, 5.41) is 8.42. The number of halogens is 1. The second-order valence-electron chi connectivity index (χ2n) is 1.28. The zero-order valence-corrected chi connectivity index (χ0v) is 5.14. The molecule has 0 unspecified atom stereocenters. The predicted octanol–water partition coefficient (Wildman–Crippen LogP) is 0.926. The fourth-order valence-corrected chi connectivity index (χ4v) is 0.420. The van der Waals surface area contributed by atoms with Gasteiger partial charge in [0.1, 0.15) is 5.56 Å². The third-order valence-electron chi connectivity index (χ3n) is 0.384. The van der Waals surface area contributed by atoms with Gasteiger partial charge < -0.3 is 9.84 Å². The Morgan fingerprint density at radius 2 is 2.00 bits per heavy atom. The van der Waals surface area contributed by atoms with E-state index in [1.165, 1.54) is 6.92 Å². The van der Waals surface area contributed by atoms with E-state index in [0.29, 0.717) is 0 Å². The van der Waals surface area contributed by atoms with Gasteiger partial charge in [-0.05, 0) is 13.8 Å². The molecule has 0 spiro atoms. The highest BCUT2D eigenvalue weighted by Crippen LogP contribution is 1.97. The Balaban J connectivity index is 2.95. The summed E-state index contributed by atoms with van der Waals surface area (Å²) in [6.07, 6.45) is -0.757. The van der Waals surface area contributed by atoms with Crippen molar-refractivity contribution in [3.05, 3.63) is 0 Å². The largest absolute Gasteiger partial charge is 0.368 e. The van der Waals surface area contributed by atoms with E-state index in [9.17, 15) is 0 Å². The molecule has 0 saturated heterocycles. The SMILES string of the molecule is C[C@H](O)O[C@@H](C)Cl. The third kappa shape index (κ3) is 6.21. The molecule has 0 rings (SSSR count). The van der Waals surface area contributed by atoms with Crippen molar-refractivity contribution in [2.24, 2.45) is 0 Å². The van der Waals surface area contributed by atoms with E-state index in [1.54, 1.807) is 6.92 Å². The molecule has 0 aromatic heterocycles. The van der Waals surface area contributed by atoms with E-state index in [1.807, 2.05) is 0 Å². The molecule has 0 saturated carbocycles. The van der Waals surface area contributed by atoms with Gasteiger partial charge in [-0.15, -0.1) is 0 Å². The molecule has 0 amide bonds. The number of aliphatic hydroxyl groups excluding tert-OH is 1. The van der Waals surface area contributed by atoms with Gasteiger partial charge in [0, 0.05) is 0 Å². The number of hydrogen-bond donors (Lipinski definition) is 1. The van der Waals surface area contributed by atoms with Gasteiger partial charge in [-0.2, -0.15) is 0 Å². The molecule has 0 heterocycles. The highest BCUT2D eigenvalue weighted by Gasteiger charge is 1.97. The topological polar surface area (TPSA) is 29.5 Å². The van der Waals surface area contributed by atoms with Crippen LogP contribution in [0.3, 0.4) is 0 Å². The van der Waals surface area contributed by atoms with Crippen molar-refractivity contribution in [2.75, 3.05) is 0 Å². The first-order chi connectivity index (χ1) is 3.13. The summed E-state index contributed by atoms with van der Waals surface area (Å²) in [6.45, 7) is 3.16. The lowest BCUT2D eigenvalue weighted by atomic mass is 10.7. The molecule has 44 valence electrons. The van der Waals surface area contributed by atoms with Crippen LogP contribution in [0.25, 0.3) is 0 Å². The summed E-state index contributed by atoms with van der Waals surface area (Å²) >= 11 is 5.29. The minimum Gasteiger partial charge on any atom is -0.368 e. The smallest absolute Gasteiger partial charge is 0.153 e. The molecule has 7 heavy (non-hydrogen) atoms. The van der Waals surface area contributed by atoms with E-state index in [-0.39, 0.29) is 0 Å². The van der Waals surface area contributed by atoms with Crippen LogP contribution in [0.4, 0.5) is 0 Å². The molecular formula is C4H9ClO2. The number of hydrogen-bond acceptors (Lipinski definition) is 2. The maximum Gasteiger partial charge on any atom is 0.153 e. The Labute approximate surface area is 48.0 Å². The molecule has 2 atom stereocenters. The van der Waals surface area contributed by atoms with Gasteiger partial charge in [-0.3, -0.25) is 0 Å². The van der Waals surface area contributed by atoms with Gasteiger partial charge >= 0.3 is 0 Å². The fourth-order valence-electron chi connectivity index (χ4n) is 0.271. The highest BCUT2D eigenvalue weighted by atomic mass is 35.5. The first kappa shape index (κ1) is 7.21. The van der Waals surface area contributed by atoms with Crippen molar-refractivity contribution in [3.8, 4) is 0 Å². The summed E-state index contributed by atoms with van der Waals surface area (Å²) in [5.74, 6) is 0. The van der Waals surface area contributed by atoms with Crippen molar-refractivity contribution >= 4 is 11.6 Å². The van der Waals surface area contributed by atoms with Gasteiger partial charge in [0.25, 0.3) is 0 Å². The minimum absolute atomic E-state index is 0.403. The van der Waals surface area contributed by atoms with E-state index in [4.69, 9.17) is 16.7 Å². The quantitative estimate of drug-likeness (QED) is 0.438. The van der Waals surface area contributed by atoms with Crippen LogP contribution >= 0.6 is 11.6 Å². The summed E-state index contributed by atoms with van der Waals surface area (Å²) in [6, 6.07) is 0. The lowest BCUT2D eigenvalue weighted by molar-refractivity contribution is -0.0935. The zero-order chi connectivity index (χ0) is 5.86. The lowest BCUT2D eigenvalue weighted by Crippen LogP contribution is -2.10. The van der Waals surface area contributed by atoms with Crippen LogP contribution in [0, 0.1) is 0 Å².